The molecule has 0 heterocycles. The molecule has 1 rings (SSSR count). The summed E-state index contributed by atoms with van der Waals surface area (Å²) in [5.74, 6) is -7.03. The Morgan fingerprint density at radius 1 is 0.952 bits per heavy atom. The van der Waals surface area contributed by atoms with E-state index >= 15 is 0 Å². The molecule has 120 valence electrons. The van der Waals surface area contributed by atoms with Gasteiger partial charge >= 0.3 is 0 Å². The molecule has 1 N–H and O–H groups in total. The third kappa shape index (κ3) is 5.89. The fourth-order valence-electron chi connectivity index (χ4n) is 1.63. The van der Waals surface area contributed by atoms with E-state index in [2.05, 4.69) is 5.32 Å². The third-order valence-electron chi connectivity index (χ3n) is 2.69. The second-order valence-electron chi connectivity index (χ2n) is 4.30. The predicted molar refractivity (Wildman–Crippen MR) is 70.4 cm³/mol. The first-order chi connectivity index (χ1) is 10.1. The van der Waals surface area contributed by atoms with Crippen molar-refractivity contribution in [3.8, 4) is 5.75 Å². The summed E-state index contributed by atoms with van der Waals surface area (Å²) in [6.45, 7) is 4.20. The first-order valence-electron chi connectivity index (χ1n) is 6.82. The first kappa shape index (κ1) is 17.7. The minimum atomic E-state index is -1.52. The van der Waals surface area contributed by atoms with Crippen molar-refractivity contribution in [2.24, 2.45) is 0 Å². The van der Waals surface area contributed by atoms with Gasteiger partial charge in [-0.25, -0.2) is 8.78 Å². The molecule has 3 nitrogen and oxygen atoms in total. The minimum Gasteiger partial charge on any atom is -0.486 e. The fraction of sp³-hybridized carbons (Fsp3) is 0.571. The summed E-state index contributed by atoms with van der Waals surface area (Å²) in [6.07, 6.45) is 1.79. The van der Waals surface area contributed by atoms with Gasteiger partial charge in [0, 0.05) is 25.8 Å². The summed E-state index contributed by atoms with van der Waals surface area (Å²) in [4.78, 5) is 0. The largest absolute Gasteiger partial charge is 0.486 e. The van der Waals surface area contributed by atoms with Gasteiger partial charge in [-0.05, 0) is 26.3 Å². The van der Waals surface area contributed by atoms with E-state index in [0.717, 1.165) is 12.8 Å². The fourth-order valence-corrected chi connectivity index (χ4v) is 1.63. The zero-order chi connectivity index (χ0) is 15.7. The second-order valence-corrected chi connectivity index (χ2v) is 4.30. The Morgan fingerprint density at radius 3 is 2.24 bits per heavy atom. The quantitative estimate of drug-likeness (QED) is 0.409. The lowest BCUT2D eigenvalue weighted by atomic mass is 10.3. The first-order valence-corrected chi connectivity index (χ1v) is 6.82. The van der Waals surface area contributed by atoms with E-state index in [9.17, 15) is 17.6 Å². The van der Waals surface area contributed by atoms with Gasteiger partial charge in [0.25, 0.3) is 0 Å². The molecule has 0 saturated carbocycles. The molecule has 0 aliphatic rings. The monoisotopic (exact) mass is 309 g/mol. The van der Waals surface area contributed by atoms with Crippen LogP contribution in [0.25, 0.3) is 0 Å². The number of hydrogen-bond donors (Lipinski definition) is 1. The molecule has 0 spiro atoms. The van der Waals surface area contributed by atoms with E-state index in [1.54, 1.807) is 0 Å². The number of halogens is 4. The van der Waals surface area contributed by atoms with Crippen molar-refractivity contribution in [2.45, 2.75) is 19.8 Å². The summed E-state index contributed by atoms with van der Waals surface area (Å²) in [7, 11) is 0. The highest BCUT2D eigenvalue weighted by Gasteiger charge is 2.20. The Labute approximate surface area is 121 Å². The van der Waals surface area contributed by atoms with Crippen LogP contribution in [0.2, 0.25) is 0 Å². The molecule has 0 aliphatic heterocycles. The number of unbranched alkanes of at least 4 members (excludes halogenated alkanes) is 1. The van der Waals surface area contributed by atoms with Crippen LogP contribution >= 0.6 is 0 Å². The van der Waals surface area contributed by atoms with Gasteiger partial charge in [-0.15, -0.1) is 0 Å². The maximum atomic E-state index is 13.2. The summed E-state index contributed by atoms with van der Waals surface area (Å²) in [5, 5.41) is 2.99. The van der Waals surface area contributed by atoms with E-state index < -0.39 is 29.0 Å². The topological polar surface area (TPSA) is 30.5 Å². The second kappa shape index (κ2) is 9.57. The number of rotatable bonds is 10. The Kier molecular flexibility index (Phi) is 8.07. The van der Waals surface area contributed by atoms with Crippen LogP contribution in [0, 0.1) is 23.3 Å². The molecule has 7 heteroatoms. The number of ether oxygens (including phenoxy) is 2. The molecule has 1 aromatic rings. The summed E-state index contributed by atoms with van der Waals surface area (Å²) < 4.78 is 62.2. The van der Waals surface area contributed by atoms with Crippen molar-refractivity contribution in [3.63, 3.8) is 0 Å². The Hall–Kier alpha value is -1.34. The van der Waals surface area contributed by atoms with E-state index in [-0.39, 0.29) is 12.7 Å². The van der Waals surface area contributed by atoms with Gasteiger partial charge in [0.15, 0.2) is 17.4 Å². The molecule has 0 aromatic heterocycles. The van der Waals surface area contributed by atoms with Crippen LogP contribution in [0.5, 0.6) is 5.75 Å². The van der Waals surface area contributed by atoms with Crippen LogP contribution in [0.1, 0.15) is 19.8 Å². The molecular formula is C14H19F4NO2. The van der Waals surface area contributed by atoms with Gasteiger partial charge in [-0.3, -0.25) is 0 Å². The van der Waals surface area contributed by atoms with Crippen LogP contribution in [-0.2, 0) is 4.74 Å². The van der Waals surface area contributed by atoms with Crippen molar-refractivity contribution in [2.75, 3.05) is 32.9 Å². The Bertz CT molecular complexity index is 417. The third-order valence-corrected chi connectivity index (χ3v) is 2.69. The molecule has 1 aromatic carbocycles. The van der Waals surface area contributed by atoms with Crippen LogP contribution in [-0.4, -0.2) is 32.9 Å². The number of benzene rings is 1. The van der Waals surface area contributed by atoms with Crippen LogP contribution in [0.15, 0.2) is 6.07 Å². The molecule has 0 aliphatic carbocycles. The minimum absolute atomic E-state index is 0.0950. The average molecular weight is 309 g/mol. The highest BCUT2D eigenvalue weighted by Crippen LogP contribution is 2.26. The standard InChI is InChI=1S/C14H19F4NO2/c1-2-20-7-4-3-5-19-6-8-21-14-12(17)10(15)9-11(16)13(14)18/h9,19H,2-8H2,1H3. The molecule has 0 unspecified atom stereocenters. The van der Waals surface area contributed by atoms with Crippen LogP contribution in [0.3, 0.4) is 0 Å². The Balaban J connectivity index is 2.24. The lowest BCUT2D eigenvalue weighted by Gasteiger charge is -2.10. The molecule has 0 atom stereocenters. The van der Waals surface area contributed by atoms with Crippen LogP contribution in [0.4, 0.5) is 17.6 Å². The smallest absolute Gasteiger partial charge is 0.203 e. The van der Waals surface area contributed by atoms with Crippen molar-refractivity contribution in [1.82, 2.24) is 5.32 Å². The van der Waals surface area contributed by atoms with Gasteiger partial charge in [-0.1, -0.05) is 0 Å². The van der Waals surface area contributed by atoms with Crippen molar-refractivity contribution in [1.29, 1.82) is 0 Å². The van der Waals surface area contributed by atoms with Gasteiger partial charge in [-0.2, -0.15) is 8.78 Å². The lowest BCUT2D eigenvalue weighted by molar-refractivity contribution is 0.143. The summed E-state index contributed by atoms with van der Waals surface area (Å²) >= 11 is 0. The highest BCUT2D eigenvalue weighted by molar-refractivity contribution is 5.28. The number of hydrogen-bond acceptors (Lipinski definition) is 3. The van der Waals surface area contributed by atoms with Crippen LogP contribution < -0.4 is 10.1 Å². The normalized spacial score (nSPS) is 10.9. The molecule has 0 saturated heterocycles. The van der Waals surface area contributed by atoms with E-state index in [4.69, 9.17) is 9.47 Å². The zero-order valence-electron chi connectivity index (χ0n) is 11.9. The maximum Gasteiger partial charge on any atom is 0.203 e. The summed E-state index contributed by atoms with van der Waals surface area (Å²) in [5.41, 5.74) is 0. The zero-order valence-corrected chi connectivity index (χ0v) is 11.9. The molecular weight excluding hydrogens is 290 g/mol. The van der Waals surface area contributed by atoms with Crippen molar-refractivity contribution >= 4 is 0 Å². The van der Waals surface area contributed by atoms with E-state index in [1.165, 1.54) is 0 Å². The van der Waals surface area contributed by atoms with E-state index in [0.29, 0.717) is 26.3 Å². The molecule has 0 amide bonds. The van der Waals surface area contributed by atoms with Crippen molar-refractivity contribution < 1.29 is 27.0 Å². The maximum absolute atomic E-state index is 13.2. The summed E-state index contributed by atoms with van der Waals surface area (Å²) in [6, 6.07) is 0.147. The van der Waals surface area contributed by atoms with Crippen molar-refractivity contribution in [3.05, 3.63) is 29.3 Å². The Morgan fingerprint density at radius 2 is 1.62 bits per heavy atom. The highest BCUT2D eigenvalue weighted by atomic mass is 19.2. The van der Waals surface area contributed by atoms with Gasteiger partial charge in [0.05, 0.1) is 0 Å². The van der Waals surface area contributed by atoms with Gasteiger partial charge in [0.1, 0.15) is 6.61 Å². The van der Waals surface area contributed by atoms with E-state index in [1.807, 2.05) is 6.92 Å². The lowest BCUT2D eigenvalue weighted by Crippen LogP contribution is -2.23. The van der Waals surface area contributed by atoms with Gasteiger partial charge in [0.2, 0.25) is 11.6 Å². The molecule has 0 bridgehead atoms. The SMILES string of the molecule is CCOCCCCNCCOc1c(F)c(F)cc(F)c1F. The predicted octanol–water partition coefficient (Wildman–Crippen LogP) is 3.03. The molecule has 21 heavy (non-hydrogen) atoms. The molecule has 0 radical (unpaired) electrons. The average Bonchev–Trinajstić information content (AvgIpc) is 2.46. The number of nitrogens with one attached hydrogen (secondary N) is 1. The molecule has 0 fully saturated rings. The van der Waals surface area contributed by atoms with Gasteiger partial charge < -0.3 is 14.8 Å².